The molecule has 0 radical (unpaired) electrons. The Labute approximate surface area is 112 Å². The zero-order valence-corrected chi connectivity index (χ0v) is 11.6. The summed E-state index contributed by atoms with van der Waals surface area (Å²) in [6.45, 7) is 5.53. The number of carbonyl (C=O) groups excluding carboxylic acids is 2. The van der Waals surface area contributed by atoms with Crippen molar-refractivity contribution in [2.45, 2.75) is 26.3 Å². The van der Waals surface area contributed by atoms with E-state index in [0.29, 0.717) is 23.3 Å². The molecule has 1 aromatic rings. The number of benzene rings is 1. The lowest BCUT2D eigenvalue weighted by Crippen LogP contribution is -2.43. The fourth-order valence-corrected chi connectivity index (χ4v) is 1.48. The van der Waals surface area contributed by atoms with Gasteiger partial charge in [0.25, 0.3) is 5.91 Å². The monoisotopic (exact) mass is 265 g/mol. The molecule has 0 unspecified atom stereocenters. The lowest BCUT2D eigenvalue weighted by atomic mass is 10.1. The Kier molecular flexibility index (Phi) is 4.92. The lowest BCUT2D eigenvalue weighted by Gasteiger charge is -2.20. The summed E-state index contributed by atoms with van der Waals surface area (Å²) < 4.78 is 10.5. The molecule has 0 heterocycles. The van der Waals surface area contributed by atoms with Gasteiger partial charge in [0, 0.05) is 11.1 Å². The van der Waals surface area contributed by atoms with Gasteiger partial charge >= 0.3 is 0 Å². The highest BCUT2D eigenvalue weighted by molar-refractivity contribution is 5.79. The van der Waals surface area contributed by atoms with Crippen LogP contribution in [0.15, 0.2) is 18.2 Å². The summed E-state index contributed by atoms with van der Waals surface area (Å²) in [5.74, 6) is 0.622. The Balaban J connectivity index is 2.71. The van der Waals surface area contributed by atoms with E-state index in [2.05, 4.69) is 5.32 Å². The van der Waals surface area contributed by atoms with Gasteiger partial charge in [0.1, 0.15) is 6.29 Å². The number of hydrogen-bond acceptors (Lipinski definition) is 4. The molecule has 0 bridgehead atoms. The molecular weight excluding hydrogens is 246 g/mol. The van der Waals surface area contributed by atoms with E-state index >= 15 is 0 Å². The van der Waals surface area contributed by atoms with Gasteiger partial charge in [-0.3, -0.25) is 9.59 Å². The molecule has 0 saturated heterocycles. The Bertz CT molecular complexity index is 463. The van der Waals surface area contributed by atoms with Crippen molar-refractivity contribution < 1.29 is 19.1 Å². The summed E-state index contributed by atoms with van der Waals surface area (Å²) in [5.41, 5.74) is 0.154. The third-order valence-electron chi connectivity index (χ3n) is 2.20. The first-order chi connectivity index (χ1) is 8.85. The Morgan fingerprint density at radius 3 is 2.53 bits per heavy atom. The number of hydrogen-bond donors (Lipinski definition) is 1. The van der Waals surface area contributed by atoms with Crippen molar-refractivity contribution in [2.75, 3.05) is 13.7 Å². The van der Waals surface area contributed by atoms with Crippen molar-refractivity contribution in [1.82, 2.24) is 5.32 Å². The maximum Gasteiger partial charge on any atom is 0.258 e. The lowest BCUT2D eigenvalue weighted by molar-refractivity contribution is -0.124. The molecule has 0 saturated carbocycles. The molecule has 1 aromatic carbocycles. The van der Waals surface area contributed by atoms with Crippen LogP contribution in [0, 0.1) is 0 Å². The topological polar surface area (TPSA) is 64.6 Å². The minimum Gasteiger partial charge on any atom is -0.493 e. The van der Waals surface area contributed by atoms with Gasteiger partial charge < -0.3 is 14.8 Å². The highest BCUT2D eigenvalue weighted by Gasteiger charge is 2.15. The molecule has 0 atom stereocenters. The Morgan fingerprint density at radius 1 is 1.32 bits per heavy atom. The number of nitrogens with one attached hydrogen (secondary N) is 1. The quantitative estimate of drug-likeness (QED) is 0.824. The van der Waals surface area contributed by atoms with Gasteiger partial charge in [-0.05, 0) is 39.0 Å². The van der Waals surface area contributed by atoms with E-state index in [1.807, 2.05) is 20.8 Å². The molecule has 0 aliphatic carbocycles. The van der Waals surface area contributed by atoms with Crippen LogP contribution in [-0.2, 0) is 4.79 Å². The van der Waals surface area contributed by atoms with Crippen LogP contribution in [0.3, 0.4) is 0 Å². The van der Waals surface area contributed by atoms with E-state index < -0.39 is 0 Å². The fraction of sp³-hybridized carbons (Fsp3) is 0.429. The third-order valence-corrected chi connectivity index (χ3v) is 2.20. The largest absolute Gasteiger partial charge is 0.493 e. The number of amides is 1. The maximum atomic E-state index is 11.6. The Hall–Kier alpha value is -2.04. The van der Waals surface area contributed by atoms with E-state index in [1.54, 1.807) is 12.1 Å². The second-order valence-corrected chi connectivity index (χ2v) is 5.11. The molecule has 0 spiro atoms. The molecule has 0 aliphatic rings. The molecule has 1 N–H and O–H groups in total. The molecule has 104 valence electrons. The first-order valence-corrected chi connectivity index (χ1v) is 5.93. The van der Waals surface area contributed by atoms with Crippen LogP contribution in [0.25, 0.3) is 0 Å². The van der Waals surface area contributed by atoms with E-state index in [0.717, 1.165) is 0 Å². The zero-order chi connectivity index (χ0) is 14.5. The predicted octanol–water partition coefficient (Wildman–Crippen LogP) is 1.80. The number of rotatable bonds is 5. The SMILES string of the molecule is COc1ccc(C=O)cc1OCC(=O)NC(C)(C)C. The number of carbonyl (C=O) groups is 2. The van der Waals surface area contributed by atoms with Crippen LogP contribution in [0.5, 0.6) is 11.5 Å². The van der Waals surface area contributed by atoms with E-state index in [9.17, 15) is 9.59 Å². The second-order valence-electron chi connectivity index (χ2n) is 5.11. The average Bonchev–Trinajstić information content (AvgIpc) is 2.33. The highest BCUT2D eigenvalue weighted by atomic mass is 16.5. The summed E-state index contributed by atoms with van der Waals surface area (Å²) >= 11 is 0. The maximum absolute atomic E-state index is 11.6. The standard InChI is InChI=1S/C14H19NO4/c1-14(2,3)15-13(17)9-19-12-7-10(8-16)5-6-11(12)18-4/h5-8H,9H2,1-4H3,(H,15,17). The summed E-state index contributed by atoms with van der Waals surface area (Å²) in [6, 6.07) is 4.78. The van der Waals surface area contributed by atoms with Crippen molar-refractivity contribution in [3.05, 3.63) is 23.8 Å². The molecule has 19 heavy (non-hydrogen) atoms. The normalized spacial score (nSPS) is 10.7. The second kappa shape index (κ2) is 6.22. The predicted molar refractivity (Wildman–Crippen MR) is 71.8 cm³/mol. The zero-order valence-electron chi connectivity index (χ0n) is 11.6. The van der Waals surface area contributed by atoms with Crippen molar-refractivity contribution >= 4 is 12.2 Å². The van der Waals surface area contributed by atoms with Crippen molar-refractivity contribution in [2.24, 2.45) is 0 Å². The first kappa shape index (κ1) is 15.0. The van der Waals surface area contributed by atoms with Gasteiger partial charge in [-0.15, -0.1) is 0 Å². The molecule has 1 rings (SSSR count). The molecule has 5 heteroatoms. The van der Waals surface area contributed by atoms with Gasteiger partial charge in [0.15, 0.2) is 18.1 Å². The summed E-state index contributed by atoms with van der Waals surface area (Å²) in [5, 5.41) is 2.78. The van der Waals surface area contributed by atoms with Gasteiger partial charge in [-0.1, -0.05) is 0 Å². The minimum atomic E-state index is -0.310. The molecular formula is C14H19NO4. The number of ether oxygens (including phenoxy) is 2. The molecule has 0 aromatic heterocycles. The van der Waals surface area contributed by atoms with Crippen LogP contribution >= 0.6 is 0 Å². The van der Waals surface area contributed by atoms with Crippen molar-refractivity contribution in [1.29, 1.82) is 0 Å². The van der Waals surface area contributed by atoms with Crippen LogP contribution < -0.4 is 14.8 Å². The van der Waals surface area contributed by atoms with Gasteiger partial charge in [-0.25, -0.2) is 0 Å². The molecule has 1 amide bonds. The molecule has 5 nitrogen and oxygen atoms in total. The third kappa shape index (κ3) is 4.99. The smallest absolute Gasteiger partial charge is 0.258 e. The minimum absolute atomic E-state index is 0.129. The van der Waals surface area contributed by atoms with E-state index in [4.69, 9.17) is 9.47 Å². The molecule has 0 fully saturated rings. The van der Waals surface area contributed by atoms with Gasteiger partial charge in [0.05, 0.1) is 7.11 Å². The number of methoxy groups -OCH3 is 1. The van der Waals surface area contributed by atoms with E-state index in [-0.39, 0.29) is 18.1 Å². The fourth-order valence-electron chi connectivity index (χ4n) is 1.48. The van der Waals surface area contributed by atoms with Gasteiger partial charge in [0.2, 0.25) is 0 Å². The van der Waals surface area contributed by atoms with Crippen molar-refractivity contribution in [3.8, 4) is 11.5 Å². The van der Waals surface area contributed by atoms with Gasteiger partial charge in [-0.2, -0.15) is 0 Å². The molecule has 0 aliphatic heterocycles. The van der Waals surface area contributed by atoms with E-state index in [1.165, 1.54) is 13.2 Å². The van der Waals surface area contributed by atoms with Crippen LogP contribution in [-0.4, -0.2) is 31.4 Å². The van der Waals surface area contributed by atoms with Crippen LogP contribution in [0.4, 0.5) is 0 Å². The summed E-state index contributed by atoms with van der Waals surface area (Å²) in [6.07, 6.45) is 0.710. The Morgan fingerprint density at radius 2 is 2.00 bits per heavy atom. The van der Waals surface area contributed by atoms with Crippen molar-refractivity contribution in [3.63, 3.8) is 0 Å². The van der Waals surface area contributed by atoms with Crippen LogP contribution in [0.1, 0.15) is 31.1 Å². The number of aldehydes is 1. The first-order valence-electron chi connectivity index (χ1n) is 5.93. The summed E-state index contributed by atoms with van der Waals surface area (Å²) in [4.78, 5) is 22.3. The van der Waals surface area contributed by atoms with Crippen LogP contribution in [0.2, 0.25) is 0 Å². The average molecular weight is 265 g/mol. The summed E-state index contributed by atoms with van der Waals surface area (Å²) in [7, 11) is 1.50. The highest BCUT2D eigenvalue weighted by Crippen LogP contribution is 2.27.